The summed E-state index contributed by atoms with van der Waals surface area (Å²) in [7, 11) is 0. The van der Waals surface area contributed by atoms with Gasteiger partial charge in [0.2, 0.25) is 0 Å². The van der Waals surface area contributed by atoms with Crippen molar-refractivity contribution in [3.05, 3.63) is 30.2 Å². The number of halogens is 2. The van der Waals surface area contributed by atoms with E-state index in [1.54, 1.807) is 6.07 Å². The molecule has 1 aromatic heterocycles. The number of benzene rings is 1. The Balaban J connectivity index is 1.81. The molecule has 1 aromatic carbocycles. The Morgan fingerprint density at radius 1 is 1.42 bits per heavy atom. The summed E-state index contributed by atoms with van der Waals surface area (Å²) in [5.74, 6) is -2.78. The fraction of sp³-hybridized carbons (Fsp3) is 0.500. The molecule has 1 aliphatic heterocycles. The highest BCUT2D eigenvalue weighted by molar-refractivity contribution is 5.73. The van der Waals surface area contributed by atoms with Gasteiger partial charge in [-0.1, -0.05) is 6.07 Å². The number of piperidine rings is 1. The molecule has 3 rings (SSSR count). The maximum atomic E-state index is 14.3. The first kappa shape index (κ1) is 12.5. The van der Waals surface area contributed by atoms with Gasteiger partial charge in [0.25, 0.3) is 5.92 Å². The zero-order valence-corrected chi connectivity index (χ0v) is 10.5. The summed E-state index contributed by atoms with van der Waals surface area (Å²) in [6, 6.07) is 4.43. The first-order valence-electron chi connectivity index (χ1n) is 6.57. The SMILES string of the molecule is FC(F)(CC1CCCNC1)c1ccc2ncoc2c1. The third-order valence-electron chi connectivity index (χ3n) is 3.70. The van der Waals surface area contributed by atoms with Crippen molar-refractivity contribution in [3.63, 3.8) is 0 Å². The smallest absolute Gasteiger partial charge is 0.273 e. The van der Waals surface area contributed by atoms with E-state index in [-0.39, 0.29) is 17.9 Å². The molecule has 0 spiro atoms. The van der Waals surface area contributed by atoms with Gasteiger partial charge in [-0.15, -0.1) is 0 Å². The molecule has 2 heterocycles. The summed E-state index contributed by atoms with van der Waals surface area (Å²) in [6.07, 6.45) is 3.01. The molecule has 2 aromatic rings. The predicted molar refractivity (Wildman–Crippen MR) is 68.1 cm³/mol. The van der Waals surface area contributed by atoms with Gasteiger partial charge in [0.05, 0.1) is 0 Å². The highest BCUT2D eigenvalue weighted by atomic mass is 19.3. The third kappa shape index (κ3) is 2.61. The Kier molecular flexibility index (Phi) is 3.22. The van der Waals surface area contributed by atoms with Crippen molar-refractivity contribution in [2.45, 2.75) is 25.2 Å². The average Bonchev–Trinajstić information content (AvgIpc) is 2.86. The van der Waals surface area contributed by atoms with Crippen LogP contribution in [0.3, 0.4) is 0 Å². The molecule has 0 saturated carbocycles. The Labute approximate surface area is 110 Å². The lowest BCUT2D eigenvalue weighted by molar-refractivity contribution is -0.0317. The van der Waals surface area contributed by atoms with Gasteiger partial charge in [0.1, 0.15) is 5.52 Å². The van der Waals surface area contributed by atoms with E-state index in [0.29, 0.717) is 17.6 Å². The van der Waals surface area contributed by atoms with Crippen molar-refractivity contribution in [3.8, 4) is 0 Å². The van der Waals surface area contributed by atoms with Gasteiger partial charge in [-0.2, -0.15) is 0 Å². The van der Waals surface area contributed by atoms with E-state index in [4.69, 9.17) is 4.42 Å². The zero-order chi connectivity index (χ0) is 13.3. The van der Waals surface area contributed by atoms with Gasteiger partial charge in [0, 0.05) is 12.0 Å². The Hall–Kier alpha value is -1.49. The number of alkyl halides is 2. The van der Waals surface area contributed by atoms with Crippen molar-refractivity contribution in [2.75, 3.05) is 13.1 Å². The minimum atomic E-state index is -2.81. The van der Waals surface area contributed by atoms with Crippen LogP contribution in [0.2, 0.25) is 0 Å². The summed E-state index contributed by atoms with van der Waals surface area (Å²) >= 11 is 0. The lowest BCUT2D eigenvalue weighted by Crippen LogP contribution is -2.33. The van der Waals surface area contributed by atoms with Crippen molar-refractivity contribution >= 4 is 11.1 Å². The molecule has 1 N–H and O–H groups in total. The molecule has 1 atom stereocenters. The number of nitrogens with zero attached hydrogens (tertiary/aromatic N) is 1. The minimum Gasteiger partial charge on any atom is -0.443 e. The summed E-state index contributed by atoms with van der Waals surface area (Å²) in [5.41, 5.74) is 1.04. The molecule has 3 nitrogen and oxygen atoms in total. The number of oxazole rings is 1. The predicted octanol–water partition coefficient (Wildman–Crippen LogP) is 3.31. The van der Waals surface area contributed by atoms with Gasteiger partial charge in [-0.3, -0.25) is 0 Å². The van der Waals surface area contributed by atoms with Crippen LogP contribution >= 0.6 is 0 Å². The van der Waals surface area contributed by atoms with Gasteiger partial charge >= 0.3 is 0 Å². The van der Waals surface area contributed by atoms with Crippen LogP contribution in [0.5, 0.6) is 0 Å². The van der Waals surface area contributed by atoms with E-state index in [2.05, 4.69) is 10.3 Å². The molecule has 1 aliphatic rings. The van der Waals surface area contributed by atoms with Crippen LogP contribution in [0.25, 0.3) is 11.1 Å². The van der Waals surface area contributed by atoms with Crippen LogP contribution in [-0.4, -0.2) is 18.1 Å². The number of hydrogen-bond acceptors (Lipinski definition) is 3. The van der Waals surface area contributed by atoms with E-state index in [9.17, 15) is 8.78 Å². The molecule has 19 heavy (non-hydrogen) atoms. The maximum absolute atomic E-state index is 14.3. The van der Waals surface area contributed by atoms with Gasteiger partial charge in [-0.05, 0) is 44.0 Å². The second-order valence-electron chi connectivity index (χ2n) is 5.16. The number of fused-ring (bicyclic) bond motifs is 1. The summed E-state index contributed by atoms with van der Waals surface area (Å²) < 4.78 is 33.7. The molecule has 1 unspecified atom stereocenters. The number of nitrogens with one attached hydrogen (secondary N) is 1. The molecule has 5 heteroatoms. The molecular weight excluding hydrogens is 250 g/mol. The van der Waals surface area contributed by atoms with Gasteiger partial charge < -0.3 is 9.73 Å². The first-order chi connectivity index (χ1) is 9.15. The van der Waals surface area contributed by atoms with Crippen molar-refractivity contribution < 1.29 is 13.2 Å². The Bertz CT molecular complexity index is 561. The molecule has 0 aliphatic carbocycles. The molecule has 0 bridgehead atoms. The topological polar surface area (TPSA) is 38.1 Å². The Morgan fingerprint density at radius 2 is 2.32 bits per heavy atom. The first-order valence-corrected chi connectivity index (χ1v) is 6.57. The largest absolute Gasteiger partial charge is 0.443 e. The molecule has 0 amide bonds. The van der Waals surface area contributed by atoms with E-state index in [1.807, 2.05) is 0 Å². The number of hydrogen-bond donors (Lipinski definition) is 1. The summed E-state index contributed by atoms with van der Waals surface area (Å²) in [6.45, 7) is 1.62. The second kappa shape index (κ2) is 4.89. The Morgan fingerprint density at radius 3 is 3.11 bits per heavy atom. The van der Waals surface area contributed by atoms with Crippen LogP contribution in [0.4, 0.5) is 8.78 Å². The fourth-order valence-corrected chi connectivity index (χ4v) is 2.66. The zero-order valence-electron chi connectivity index (χ0n) is 10.5. The average molecular weight is 266 g/mol. The molecule has 0 radical (unpaired) electrons. The number of rotatable bonds is 3. The quantitative estimate of drug-likeness (QED) is 0.926. The monoisotopic (exact) mass is 266 g/mol. The maximum Gasteiger partial charge on any atom is 0.273 e. The highest BCUT2D eigenvalue weighted by Gasteiger charge is 2.35. The molecule has 1 saturated heterocycles. The van der Waals surface area contributed by atoms with Crippen LogP contribution in [-0.2, 0) is 5.92 Å². The van der Waals surface area contributed by atoms with Crippen LogP contribution in [0, 0.1) is 5.92 Å². The summed E-state index contributed by atoms with van der Waals surface area (Å²) in [5, 5.41) is 3.17. The minimum absolute atomic E-state index is 0.0160. The molecule has 102 valence electrons. The van der Waals surface area contributed by atoms with E-state index >= 15 is 0 Å². The van der Waals surface area contributed by atoms with Crippen LogP contribution in [0.15, 0.2) is 29.0 Å². The summed E-state index contributed by atoms with van der Waals surface area (Å²) in [4.78, 5) is 3.94. The van der Waals surface area contributed by atoms with E-state index in [0.717, 1.165) is 19.4 Å². The van der Waals surface area contributed by atoms with Crippen molar-refractivity contribution in [1.82, 2.24) is 10.3 Å². The van der Waals surface area contributed by atoms with Crippen LogP contribution in [0.1, 0.15) is 24.8 Å². The highest BCUT2D eigenvalue weighted by Crippen LogP contribution is 2.37. The lowest BCUT2D eigenvalue weighted by Gasteiger charge is -2.27. The molecular formula is C14H16F2N2O. The van der Waals surface area contributed by atoms with Crippen molar-refractivity contribution in [2.24, 2.45) is 5.92 Å². The lowest BCUT2D eigenvalue weighted by atomic mass is 9.90. The molecule has 1 fully saturated rings. The van der Waals surface area contributed by atoms with Gasteiger partial charge in [-0.25, -0.2) is 13.8 Å². The van der Waals surface area contributed by atoms with Crippen LogP contribution < -0.4 is 5.32 Å². The second-order valence-corrected chi connectivity index (χ2v) is 5.16. The van der Waals surface area contributed by atoms with E-state index in [1.165, 1.54) is 18.5 Å². The van der Waals surface area contributed by atoms with Crippen molar-refractivity contribution in [1.29, 1.82) is 0 Å². The third-order valence-corrected chi connectivity index (χ3v) is 3.70. The van der Waals surface area contributed by atoms with E-state index < -0.39 is 5.92 Å². The standard InChI is InChI=1S/C14H16F2N2O/c15-14(16,7-10-2-1-5-17-8-10)11-3-4-12-13(6-11)19-9-18-12/h3-4,6,9-10,17H,1-2,5,7-8H2. The fourth-order valence-electron chi connectivity index (χ4n) is 2.66. The normalized spacial score (nSPS) is 20.8. The van der Waals surface area contributed by atoms with Gasteiger partial charge in [0.15, 0.2) is 12.0 Å². The number of aromatic nitrogens is 1.